The fourth-order valence-corrected chi connectivity index (χ4v) is 7.34. The van der Waals surface area contributed by atoms with E-state index < -0.39 is 18.8 Å². The summed E-state index contributed by atoms with van der Waals surface area (Å²) < 4.78 is 13.5. The van der Waals surface area contributed by atoms with Crippen molar-refractivity contribution in [3.63, 3.8) is 0 Å². The molecule has 0 aromatic heterocycles. The van der Waals surface area contributed by atoms with Crippen LogP contribution in [0, 0.1) is 0 Å². The van der Waals surface area contributed by atoms with Crippen LogP contribution >= 0.6 is 0 Å². The number of hydrogen-bond donors (Lipinski definition) is 1. The number of rotatable bonds is 6. The molecule has 0 radical (unpaired) electrons. The van der Waals surface area contributed by atoms with Gasteiger partial charge in [-0.3, -0.25) is 0 Å². The Morgan fingerprint density at radius 1 is 1.00 bits per heavy atom. The zero-order chi connectivity index (χ0) is 8.74. The van der Waals surface area contributed by atoms with Crippen LogP contribution in [0.4, 0.5) is 0 Å². The van der Waals surface area contributed by atoms with Gasteiger partial charge in [0.05, 0.1) is 0 Å². The van der Waals surface area contributed by atoms with E-state index in [4.69, 9.17) is 0 Å². The van der Waals surface area contributed by atoms with E-state index in [1.165, 1.54) is 23.7 Å². The Bertz CT molecular complexity index is 89.6. The van der Waals surface area contributed by atoms with E-state index in [9.17, 15) is 3.44 Å². The Kier molecular flexibility index (Phi) is 6.73. The Hall–Kier alpha value is 0.759. The molecule has 0 amide bonds. The van der Waals surface area contributed by atoms with Gasteiger partial charge in [-0.1, -0.05) is 0 Å². The van der Waals surface area contributed by atoms with Gasteiger partial charge in [0.15, 0.2) is 0 Å². The first-order chi connectivity index (χ1) is 5.18. The molecular weight excluding hydrogens is 243 g/mol. The second-order valence-electron chi connectivity index (χ2n) is 3.39. The first-order valence-electron chi connectivity index (χ1n) is 4.91. The van der Waals surface area contributed by atoms with Crippen molar-refractivity contribution in [3.05, 3.63) is 0 Å². The van der Waals surface area contributed by atoms with Crippen LogP contribution in [0.15, 0.2) is 0 Å². The van der Waals surface area contributed by atoms with Gasteiger partial charge < -0.3 is 0 Å². The normalized spacial score (nSPS) is 12.0. The first-order valence-corrected chi connectivity index (χ1v) is 12.2. The van der Waals surface area contributed by atoms with E-state index in [0.29, 0.717) is 0 Å². The SMILES string of the molecule is CCCC[CH2][Sn]([OH])([CH2]C)[CH2]C. The quantitative estimate of drug-likeness (QED) is 0.577. The van der Waals surface area contributed by atoms with Crippen LogP contribution < -0.4 is 0 Å². The summed E-state index contributed by atoms with van der Waals surface area (Å²) in [6.07, 6.45) is 3.85. The molecule has 0 saturated heterocycles. The maximum atomic E-state index is 10.1. The Morgan fingerprint density at radius 3 is 1.91 bits per heavy atom. The average molecular weight is 265 g/mol. The summed E-state index contributed by atoms with van der Waals surface area (Å²) in [7, 11) is 0. The summed E-state index contributed by atoms with van der Waals surface area (Å²) >= 11 is -2.44. The third kappa shape index (κ3) is 5.07. The Labute approximate surface area is 75.6 Å². The molecule has 0 bridgehead atoms. The van der Waals surface area contributed by atoms with Crippen LogP contribution in [0.2, 0.25) is 13.3 Å². The molecule has 1 N–H and O–H groups in total. The van der Waals surface area contributed by atoms with Crippen molar-refractivity contribution >= 4 is 18.8 Å². The van der Waals surface area contributed by atoms with Gasteiger partial charge in [-0.2, -0.15) is 0 Å². The molecule has 0 aromatic rings. The van der Waals surface area contributed by atoms with Gasteiger partial charge in [0.1, 0.15) is 0 Å². The van der Waals surface area contributed by atoms with Gasteiger partial charge in [0, 0.05) is 0 Å². The van der Waals surface area contributed by atoms with Gasteiger partial charge in [0.25, 0.3) is 0 Å². The summed E-state index contributed by atoms with van der Waals surface area (Å²) in [6.45, 7) is 6.53. The van der Waals surface area contributed by atoms with Crippen molar-refractivity contribution in [1.82, 2.24) is 0 Å². The van der Waals surface area contributed by atoms with Crippen LogP contribution in [0.1, 0.15) is 40.0 Å². The maximum absolute atomic E-state index is 10.1. The minimum absolute atomic E-state index is 1.11. The zero-order valence-electron chi connectivity index (χ0n) is 8.19. The molecule has 0 aromatic carbocycles. The monoisotopic (exact) mass is 266 g/mol. The van der Waals surface area contributed by atoms with Crippen LogP contribution in [-0.4, -0.2) is 22.2 Å². The third-order valence-electron chi connectivity index (χ3n) is 2.56. The molecule has 0 aliphatic carbocycles. The van der Waals surface area contributed by atoms with Crippen LogP contribution in [0.25, 0.3) is 0 Å². The van der Waals surface area contributed by atoms with Gasteiger partial charge in [-0.15, -0.1) is 0 Å². The predicted molar refractivity (Wildman–Crippen MR) is 53.3 cm³/mol. The Morgan fingerprint density at radius 2 is 1.55 bits per heavy atom. The molecule has 0 rings (SSSR count). The third-order valence-corrected chi connectivity index (χ3v) is 13.7. The molecule has 2 heteroatoms. The van der Waals surface area contributed by atoms with Gasteiger partial charge in [0.2, 0.25) is 0 Å². The second-order valence-corrected chi connectivity index (χ2v) is 15.8. The molecule has 68 valence electrons. The van der Waals surface area contributed by atoms with Crippen LogP contribution in [0.5, 0.6) is 0 Å². The second kappa shape index (κ2) is 6.29. The predicted octanol–water partition coefficient (Wildman–Crippen LogP) is 3.15. The molecule has 0 spiro atoms. The molecule has 0 heterocycles. The van der Waals surface area contributed by atoms with Gasteiger partial charge in [-0.05, 0) is 0 Å². The molecule has 0 saturated carbocycles. The topological polar surface area (TPSA) is 20.2 Å². The fraction of sp³-hybridized carbons (Fsp3) is 1.00. The summed E-state index contributed by atoms with van der Waals surface area (Å²) in [5.74, 6) is 0. The molecule has 1 nitrogen and oxygen atoms in total. The Balaban J connectivity index is 3.51. The molecular formula is C9H22OSn. The van der Waals surface area contributed by atoms with E-state index in [1.807, 2.05) is 0 Å². The first kappa shape index (κ1) is 11.8. The molecule has 11 heavy (non-hydrogen) atoms. The molecule has 0 unspecified atom stereocenters. The summed E-state index contributed by atoms with van der Waals surface area (Å²) in [6, 6.07) is 0. The average Bonchev–Trinajstić information content (AvgIpc) is 2.05. The van der Waals surface area contributed by atoms with Crippen molar-refractivity contribution in [3.8, 4) is 0 Å². The van der Waals surface area contributed by atoms with Gasteiger partial charge >= 0.3 is 75.6 Å². The molecule has 0 aliphatic rings. The van der Waals surface area contributed by atoms with E-state index in [0.717, 1.165) is 8.87 Å². The minimum atomic E-state index is -2.44. The van der Waals surface area contributed by atoms with Crippen molar-refractivity contribution in [2.75, 3.05) is 0 Å². The molecule has 0 atom stereocenters. The number of hydrogen-bond acceptors (Lipinski definition) is 1. The number of unbranched alkanes of at least 4 members (excludes halogenated alkanes) is 2. The molecule has 0 fully saturated rings. The van der Waals surface area contributed by atoms with E-state index in [2.05, 4.69) is 20.8 Å². The summed E-state index contributed by atoms with van der Waals surface area (Å²) in [5.41, 5.74) is 0. The van der Waals surface area contributed by atoms with Crippen molar-refractivity contribution in [2.24, 2.45) is 0 Å². The summed E-state index contributed by atoms with van der Waals surface area (Å²) in [5, 5.41) is 0. The van der Waals surface area contributed by atoms with E-state index >= 15 is 0 Å². The van der Waals surface area contributed by atoms with Crippen molar-refractivity contribution in [1.29, 1.82) is 0 Å². The van der Waals surface area contributed by atoms with Crippen molar-refractivity contribution < 1.29 is 3.44 Å². The molecule has 0 aliphatic heterocycles. The zero-order valence-corrected chi connectivity index (χ0v) is 11.0. The van der Waals surface area contributed by atoms with E-state index in [1.54, 1.807) is 0 Å². The van der Waals surface area contributed by atoms with E-state index in [-0.39, 0.29) is 0 Å². The van der Waals surface area contributed by atoms with Crippen LogP contribution in [0.3, 0.4) is 0 Å². The van der Waals surface area contributed by atoms with Crippen molar-refractivity contribution in [2.45, 2.75) is 53.3 Å². The fourth-order valence-electron chi connectivity index (χ4n) is 1.31. The van der Waals surface area contributed by atoms with Gasteiger partial charge in [-0.25, -0.2) is 0 Å². The summed E-state index contributed by atoms with van der Waals surface area (Å²) in [4.78, 5) is 0. The standard InChI is InChI=1S/C5H11.2C2H5.H2O.Sn/c1-3-5-4-2;2*1-2;;/h1,3-5H2,2H3;2*1H2,2H3;1H2;/q;;;;+1/p-1. The van der Waals surface area contributed by atoms with Crippen LogP contribution in [-0.2, 0) is 0 Å².